The van der Waals surface area contributed by atoms with Crippen LogP contribution in [0.15, 0.2) is 45.8 Å². The van der Waals surface area contributed by atoms with E-state index >= 15 is 0 Å². The molecule has 1 amide bonds. The topological polar surface area (TPSA) is 88.2 Å². The summed E-state index contributed by atoms with van der Waals surface area (Å²) in [5, 5.41) is 3.24. The summed E-state index contributed by atoms with van der Waals surface area (Å²) in [6.07, 6.45) is 0.368. The van der Waals surface area contributed by atoms with Crippen molar-refractivity contribution in [3.63, 3.8) is 0 Å². The molecule has 0 radical (unpaired) electrons. The Kier molecular flexibility index (Phi) is 5.31. The maximum absolute atomic E-state index is 12.6. The van der Waals surface area contributed by atoms with E-state index in [1.807, 2.05) is 6.92 Å². The lowest BCUT2D eigenvalue weighted by molar-refractivity contribution is -0.115. The Morgan fingerprint density at radius 1 is 1.23 bits per heavy atom. The van der Waals surface area contributed by atoms with Gasteiger partial charge in [-0.15, -0.1) is 0 Å². The molecule has 0 saturated carbocycles. The fourth-order valence-electron chi connectivity index (χ4n) is 2.34. The fraction of sp³-hybridized carbons (Fsp3) is 0.176. The second kappa shape index (κ2) is 7.34. The molecule has 0 aliphatic heterocycles. The third kappa shape index (κ3) is 4.05. The van der Waals surface area contributed by atoms with Gasteiger partial charge in [0.15, 0.2) is 5.13 Å². The van der Waals surface area contributed by atoms with E-state index in [4.69, 9.17) is 0 Å². The Labute approximate surface area is 163 Å². The summed E-state index contributed by atoms with van der Waals surface area (Å²) in [4.78, 5) is 16.1. The highest BCUT2D eigenvalue weighted by atomic mass is 79.9. The van der Waals surface area contributed by atoms with Crippen LogP contribution in [0.25, 0.3) is 10.2 Å². The van der Waals surface area contributed by atoms with E-state index < -0.39 is 10.0 Å². The number of rotatable bonds is 5. The smallest absolute Gasteiger partial charge is 0.261 e. The van der Waals surface area contributed by atoms with Crippen molar-refractivity contribution >= 4 is 64.2 Å². The zero-order valence-electron chi connectivity index (χ0n) is 14.0. The van der Waals surface area contributed by atoms with Gasteiger partial charge in [-0.3, -0.25) is 9.52 Å². The Morgan fingerprint density at radius 2 is 1.92 bits per heavy atom. The second-order valence-electron chi connectivity index (χ2n) is 5.62. The van der Waals surface area contributed by atoms with Crippen LogP contribution in [0.3, 0.4) is 0 Å². The van der Waals surface area contributed by atoms with Crippen molar-refractivity contribution in [1.29, 1.82) is 0 Å². The van der Waals surface area contributed by atoms with Gasteiger partial charge in [0, 0.05) is 10.9 Å². The third-order valence-corrected chi connectivity index (χ3v) is 6.47. The largest absolute Gasteiger partial charge is 0.302 e. The molecule has 0 aliphatic rings. The number of anilines is 2. The maximum Gasteiger partial charge on any atom is 0.261 e. The first-order valence-corrected chi connectivity index (χ1v) is 10.9. The lowest BCUT2D eigenvalue weighted by Crippen LogP contribution is -2.12. The summed E-state index contributed by atoms with van der Waals surface area (Å²) in [7, 11) is -3.69. The molecule has 0 spiro atoms. The molecule has 2 aromatic carbocycles. The van der Waals surface area contributed by atoms with E-state index in [-0.39, 0.29) is 10.8 Å². The third-order valence-electron chi connectivity index (χ3n) is 3.63. The molecule has 136 valence electrons. The molecule has 0 aliphatic carbocycles. The van der Waals surface area contributed by atoms with Crippen molar-refractivity contribution in [1.82, 2.24) is 4.98 Å². The summed E-state index contributed by atoms with van der Waals surface area (Å²) in [6.45, 7) is 3.62. The summed E-state index contributed by atoms with van der Waals surface area (Å²) in [6, 6.07) is 9.86. The number of fused-ring (bicyclic) bond motifs is 1. The number of halogens is 1. The highest BCUT2D eigenvalue weighted by Crippen LogP contribution is 2.32. The van der Waals surface area contributed by atoms with Crippen LogP contribution in [-0.4, -0.2) is 19.3 Å². The monoisotopic (exact) mass is 453 g/mol. The zero-order chi connectivity index (χ0) is 18.9. The van der Waals surface area contributed by atoms with Crippen LogP contribution in [-0.2, 0) is 14.8 Å². The molecular weight excluding hydrogens is 438 g/mol. The van der Waals surface area contributed by atoms with Gasteiger partial charge in [-0.25, -0.2) is 13.4 Å². The highest BCUT2D eigenvalue weighted by molar-refractivity contribution is 9.10. The average molecular weight is 454 g/mol. The van der Waals surface area contributed by atoms with Crippen molar-refractivity contribution in [2.45, 2.75) is 25.2 Å². The average Bonchev–Trinajstić information content (AvgIpc) is 2.97. The summed E-state index contributed by atoms with van der Waals surface area (Å²) in [5.74, 6) is -0.113. The molecule has 1 aromatic heterocycles. The number of carbonyl (C=O) groups is 1. The summed E-state index contributed by atoms with van der Waals surface area (Å²) < 4.78 is 29.3. The van der Waals surface area contributed by atoms with Gasteiger partial charge in [-0.1, -0.05) is 34.2 Å². The molecular formula is C17H16BrN3O3S2. The second-order valence-corrected chi connectivity index (χ2v) is 9.25. The number of aromatic nitrogens is 1. The molecule has 3 rings (SSSR count). The van der Waals surface area contributed by atoms with Crippen molar-refractivity contribution in [3.05, 3.63) is 46.4 Å². The normalized spacial score (nSPS) is 11.5. The number of amides is 1. The molecule has 0 atom stereocenters. The maximum atomic E-state index is 12.6. The molecule has 3 aromatic rings. The number of aryl methyl sites for hydroxylation is 1. The van der Waals surface area contributed by atoms with Gasteiger partial charge in [0.2, 0.25) is 5.91 Å². The van der Waals surface area contributed by atoms with Crippen molar-refractivity contribution < 1.29 is 13.2 Å². The minimum atomic E-state index is -3.69. The van der Waals surface area contributed by atoms with E-state index in [1.54, 1.807) is 31.2 Å². The minimum Gasteiger partial charge on any atom is -0.302 e. The quantitative estimate of drug-likeness (QED) is 0.594. The fourth-order valence-corrected chi connectivity index (χ4v) is 4.65. The number of sulfonamides is 1. The van der Waals surface area contributed by atoms with Gasteiger partial charge in [-0.2, -0.15) is 0 Å². The first kappa shape index (κ1) is 18.8. The van der Waals surface area contributed by atoms with E-state index in [2.05, 4.69) is 31.0 Å². The molecule has 0 saturated heterocycles. The Bertz CT molecular complexity index is 1080. The first-order valence-electron chi connectivity index (χ1n) is 7.78. The molecule has 6 nitrogen and oxygen atoms in total. The lowest BCUT2D eigenvalue weighted by atomic mass is 10.2. The van der Waals surface area contributed by atoms with Crippen molar-refractivity contribution in [2.24, 2.45) is 0 Å². The molecule has 9 heteroatoms. The number of nitrogens with zero attached hydrogens (tertiary/aromatic N) is 1. The summed E-state index contributed by atoms with van der Waals surface area (Å²) in [5.41, 5.74) is 2.02. The highest BCUT2D eigenvalue weighted by Gasteiger charge is 2.16. The molecule has 1 heterocycles. The van der Waals surface area contributed by atoms with Crippen LogP contribution in [0.5, 0.6) is 0 Å². The Hall–Kier alpha value is -1.97. The van der Waals surface area contributed by atoms with Crippen LogP contribution in [0.4, 0.5) is 10.8 Å². The van der Waals surface area contributed by atoms with Gasteiger partial charge < -0.3 is 5.32 Å². The lowest BCUT2D eigenvalue weighted by Gasteiger charge is -2.09. The number of carbonyl (C=O) groups excluding carboxylic acids is 1. The van der Waals surface area contributed by atoms with E-state index in [9.17, 15) is 13.2 Å². The zero-order valence-corrected chi connectivity index (χ0v) is 17.3. The van der Waals surface area contributed by atoms with Crippen molar-refractivity contribution in [2.75, 3.05) is 10.0 Å². The van der Waals surface area contributed by atoms with Crippen LogP contribution in [0.1, 0.15) is 18.9 Å². The number of benzene rings is 2. The van der Waals surface area contributed by atoms with Crippen LogP contribution < -0.4 is 10.0 Å². The van der Waals surface area contributed by atoms with Gasteiger partial charge in [-0.05, 0) is 48.9 Å². The standard InChI is InChI=1S/C17H16BrN3O3S2/c1-3-15(22)19-17-20-16-10(2)8-12(9-14(16)25-17)21-26(23,24)13-6-4-11(18)5-7-13/h4-9,21H,3H2,1-2H3,(H,19,20,22). The van der Waals surface area contributed by atoms with Crippen LogP contribution >= 0.6 is 27.3 Å². The van der Waals surface area contributed by atoms with Gasteiger partial charge in [0.05, 0.1) is 20.8 Å². The molecule has 26 heavy (non-hydrogen) atoms. The van der Waals surface area contributed by atoms with Crippen molar-refractivity contribution in [3.8, 4) is 0 Å². The predicted molar refractivity (Wildman–Crippen MR) is 108 cm³/mol. The predicted octanol–water partition coefficient (Wildman–Crippen LogP) is 4.52. The van der Waals surface area contributed by atoms with E-state index in [0.717, 1.165) is 20.3 Å². The number of nitrogens with one attached hydrogen (secondary N) is 2. The van der Waals surface area contributed by atoms with Crippen LogP contribution in [0.2, 0.25) is 0 Å². The van der Waals surface area contributed by atoms with E-state index in [1.165, 1.54) is 23.5 Å². The van der Waals surface area contributed by atoms with Crippen LogP contribution in [0, 0.1) is 6.92 Å². The molecule has 2 N–H and O–H groups in total. The van der Waals surface area contributed by atoms with Gasteiger partial charge in [0.25, 0.3) is 10.0 Å². The first-order chi connectivity index (χ1) is 12.3. The van der Waals surface area contributed by atoms with Gasteiger partial charge in [0.1, 0.15) is 0 Å². The Balaban J connectivity index is 1.93. The minimum absolute atomic E-state index is 0.113. The molecule has 0 fully saturated rings. The number of hydrogen-bond acceptors (Lipinski definition) is 5. The summed E-state index contributed by atoms with van der Waals surface area (Å²) >= 11 is 4.60. The number of hydrogen-bond donors (Lipinski definition) is 2. The molecule has 0 unspecified atom stereocenters. The number of thiazole rings is 1. The Morgan fingerprint density at radius 3 is 2.58 bits per heavy atom. The molecule has 0 bridgehead atoms. The van der Waals surface area contributed by atoms with E-state index in [0.29, 0.717) is 17.2 Å². The SMILES string of the molecule is CCC(=O)Nc1nc2c(C)cc(NS(=O)(=O)c3ccc(Br)cc3)cc2s1. The van der Waals surface area contributed by atoms with Gasteiger partial charge >= 0.3 is 0 Å².